The average molecular weight is 182 g/mol. The van der Waals surface area contributed by atoms with Crippen LogP contribution in [0, 0.1) is 5.41 Å². The van der Waals surface area contributed by atoms with Crippen molar-refractivity contribution in [2.45, 2.75) is 33.6 Å². The third kappa shape index (κ3) is 3.15. The molecular formula is C12H24N+. The van der Waals surface area contributed by atoms with Gasteiger partial charge in [-0.25, -0.2) is 0 Å². The van der Waals surface area contributed by atoms with E-state index in [-0.39, 0.29) is 0 Å². The molecule has 0 aromatic rings. The van der Waals surface area contributed by atoms with Crippen LogP contribution in [0.4, 0.5) is 0 Å². The Kier molecular flexibility index (Phi) is 3.18. The SMILES string of the molecule is C=CC[N+]1(CC(C)(C)C)CCCC1. The molecule has 1 nitrogen and oxygen atoms in total. The van der Waals surface area contributed by atoms with Gasteiger partial charge in [-0.1, -0.05) is 27.4 Å². The van der Waals surface area contributed by atoms with Crippen molar-refractivity contribution in [3.05, 3.63) is 12.7 Å². The molecular weight excluding hydrogens is 158 g/mol. The summed E-state index contributed by atoms with van der Waals surface area (Å²) in [5.41, 5.74) is 0.452. The summed E-state index contributed by atoms with van der Waals surface area (Å²) in [5, 5.41) is 0. The smallest absolute Gasteiger partial charge is 0.0971 e. The fourth-order valence-electron chi connectivity index (χ4n) is 2.69. The normalized spacial score (nSPS) is 21.8. The van der Waals surface area contributed by atoms with Gasteiger partial charge in [0.2, 0.25) is 0 Å². The number of nitrogens with zero attached hydrogens (tertiary/aromatic N) is 1. The zero-order valence-electron chi connectivity index (χ0n) is 9.47. The lowest BCUT2D eigenvalue weighted by atomic mass is 9.95. The zero-order chi connectivity index (χ0) is 9.95. The highest BCUT2D eigenvalue weighted by Gasteiger charge is 2.34. The predicted molar refractivity (Wildman–Crippen MR) is 58.6 cm³/mol. The van der Waals surface area contributed by atoms with E-state index in [1.165, 1.54) is 37.0 Å². The molecule has 1 aliphatic rings. The number of hydrogen-bond acceptors (Lipinski definition) is 0. The van der Waals surface area contributed by atoms with E-state index in [1.807, 2.05) is 0 Å². The summed E-state index contributed by atoms with van der Waals surface area (Å²) in [6, 6.07) is 0. The lowest BCUT2D eigenvalue weighted by Gasteiger charge is -2.38. The largest absolute Gasteiger partial charge is 0.320 e. The lowest BCUT2D eigenvalue weighted by molar-refractivity contribution is -0.916. The van der Waals surface area contributed by atoms with Crippen molar-refractivity contribution in [3.63, 3.8) is 0 Å². The Labute approximate surface area is 83.0 Å². The monoisotopic (exact) mass is 182 g/mol. The quantitative estimate of drug-likeness (QED) is 0.465. The van der Waals surface area contributed by atoms with Crippen LogP contribution in [-0.4, -0.2) is 30.7 Å². The third-order valence-electron chi connectivity index (χ3n) is 2.84. The van der Waals surface area contributed by atoms with Crippen molar-refractivity contribution in [2.75, 3.05) is 26.2 Å². The van der Waals surface area contributed by atoms with Crippen molar-refractivity contribution in [3.8, 4) is 0 Å². The summed E-state index contributed by atoms with van der Waals surface area (Å²) >= 11 is 0. The van der Waals surface area contributed by atoms with Crippen molar-refractivity contribution in [2.24, 2.45) is 5.41 Å². The maximum atomic E-state index is 3.88. The van der Waals surface area contributed by atoms with E-state index >= 15 is 0 Å². The highest BCUT2D eigenvalue weighted by molar-refractivity contribution is 4.72. The molecule has 0 radical (unpaired) electrons. The summed E-state index contributed by atoms with van der Waals surface area (Å²) in [7, 11) is 0. The van der Waals surface area contributed by atoms with Gasteiger partial charge in [0.25, 0.3) is 0 Å². The standard InChI is InChI=1S/C12H24N/c1-5-8-13(9-6-7-10-13)11-12(2,3)4/h5H,1,6-11H2,2-4H3/q+1. The third-order valence-corrected chi connectivity index (χ3v) is 2.84. The molecule has 0 saturated carbocycles. The van der Waals surface area contributed by atoms with Gasteiger partial charge in [-0.05, 0) is 6.08 Å². The van der Waals surface area contributed by atoms with Crippen LogP contribution in [0.5, 0.6) is 0 Å². The zero-order valence-corrected chi connectivity index (χ0v) is 9.47. The summed E-state index contributed by atoms with van der Waals surface area (Å²) in [5.74, 6) is 0. The van der Waals surface area contributed by atoms with E-state index in [0.29, 0.717) is 5.41 Å². The van der Waals surface area contributed by atoms with Gasteiger partial charge in [0.15, 0.2) is 0 Å². The van der Waals surface area contributed by atoms with Gasteiger partial charge >= 0.3 is 0 Å². The van der Waals surface area contributed by atoms with Crippen LogP contribution in [-0.2, 0) is 0 Å². The maximum Gasteiger partial charge on any atom is 0.0971 e. The molecule has 76 valence electrons. The molecule has 1 rings (SSSR count). The second kappa shape index (κ2) is 3.83. The first-order chi connectivity index (χ1) is 5.97. The molecule has 0 atom stereocenters. The van der Waals surface area contributed by atoms with Crippen LogP contribution in [0.15, 0.2) is 12.7 Å². The lowest BCUT2D eigenvalue weighted by Crippen LogP contribution is -2.50. The van der Waals surface area contributed by atoms with Crippen molar-refractivity contribution >= 4 is 0 Å². The minimum atomic E-state index is 0.452. The number of hydrogen-bond donors (Lipinski definition) is 0. The molecule has 0 aliphatic carbocycles. The van der Waals surface area contributed by atoms with Gasteiger partial charge < -0.3 is 4.48 Å². The minimum absolute atomic E-state index is 0.452. The van der Waals surface area contributed by atoms with Gasteiger partial charge in [0.05, 0.1) is 26.2 Å². The molecule has 1 heteroatoms. The van der Waals surface area contributed by atoms with Gasteiger partial charge in [0.1, 0.15) is 0 Å². The van der Waals surface area contributed by atoms with Gasteiger partial charge in [-0.15, -0.1) is 0 Å². The van der Waals surface area contributed by atoms with Crippen LogP contribution in [0.1, 0.15) is 33.6 Å². The fourth-order valence-corrected chi connectivity index (χ4v) is 2.69. The van der Waals surface area contributed by atoms with Crippen LogP contribution in [0.3, 0.4) is 0 Å². The van der Waals surface area contributed by atoms with Crippen molar-refractivity contribution in [1.29, 1.82) is 0 Å². The first-order valence-corrected chi connectivity index (χ1v) is 5.43. The number of likely N-dealkylation sites (tertiary alicyclic amines) is 1. The van der Waals surface area contributed by atoms with E-state index in [9.17, 15) is 0 Å². The van der Waals surface area contributed by atoms with Gasteiger partial charge in [0, 0.05) is 18.3 Å². The van der Waals surface area contributed by atoms with E-state index in [0.717, 1.165) is 6.54 Å². The molecule has 0 aromatic heterocycles. The van der Waals surface area contributed by atoms with Gasteiger partial charge in [-0.3, -0.25) is 0 Å². The molecule has 1 heterocycles. The van der Waals surface area contributed by atoms with Crippen LogP contribution in [0.2, 0.25) is 0 Å². The molecule has 0 N–H and O–H groups in total. The summed E-state index contributed by atoms with van der Waals surface area (Å²) in [6.07, 6.45) is 4.91. The molecule has 0 amide bonds. The maximum absolute atomic E-state index is 3.88. The van der Waals surface area contributed by atoms with Crippen LogP contribution >= 0.6 is 0 Å². The van der Waals surface area contributed by atoms with Crippen molar-refractivity contribution in [1.82, 2.24) is 0 Å². The molecule has 1 fully saturated rings. The molecule has 1 aliphatic heterocycles. The second-order valence-corrected chi connectivity index (χ2v) is 5.69. The van der Waals surface area contributed by atoms with E-state index in [1.54, 1.807) is 0 Å². The van der Waals surface area contributed by atoms with E-state index < -0.39 is 0 Å². The fraction of sp³-hybridized carbons (Fsp3) is 0.833. The van der Waals surface area contributed by atoms with E-state index in [4.69, 9.17) is 0 Å². The van der Waals surface area contributed by atoms with E-state index in [2.05, 4.69) is 33.4 Å². The Hall–Kier alpha value is -0.300. The Morgan fingerprint density at radius 2 is 1.77 bits per heavy atom. The Balaban J connectivity index is 2.61. The first kappa shape index (κ1) is 10.8. The molecule has 0 aromatic carbocycles. The van der Waals surface area contributed by atoms with Crippen LogP contribution in [0.25, 0.3) is 0 Å². The Morgan fingerprint density at radius 1 is 1.23 bits per heavy atom. The highest BCUT2D eigenvalue weighted by Crippen LogP contribution is 2.26. The van der Waals surface area contributed by atoms with Gasteiger partial charge in [-0.2, -0.15) is 0 Å². The number of rotatable bonds is 3. The Bertz CT molecular complexity index is 170. The molecule has 13 heavy (non-hydrogen) atoms. The van der Waals surface area contributed by atoms with Crippen molar-refractivity contribution < 1.29 is 4.48 Å². The average Bonchev–Trinajstić information content (AvgIpc) is 2.33. The Morgan fingerprint density at radius 3 is 2.15 bits per heavy atom. The summed E-state index contributed by atoms with van der Waals surface area (Å²) < 4.78 is 1.28. The predicted octanol–water partition coefficient (Wildman–Crippen LogP) is 2.83. The minimum Gasteiger partial charge on any atom is -0.320 e. The van der Waals surface area contributed by atoms with Crippen LogP contribution < -0.4 is 0 Å². The topological polar surface area (TPSA) is 0 Å². The second-order valence-electron chi connectivity index (χ2n) is 5.69. The summed E-state index contributed by atoms with van der Waals surface area (Å²) in [4.78, 5) is 0. The molecule has 0 unspecified atom stereocenters. The molecule has 1 saturated heterocycles. The number of quaternary nitrogens is 1. The molecule has 0 bridgehead atoms. The summed E-state index contributed by atoms with van der Waals surface area (Å²) in [6.45, 7) is 16.1. The first-order valence-electron chi connectivity index (χ1n) is 5.43. The molecule has 0 spiro atoms. The highest BCUT2D eigenvalue weighted by atomic mass is 15.4.